The zero-order valence-corrected chi connectivity index (χ0v) is 7.60. The Labute approximate surface area is 79.1 Å². The molecule has 0 spiro atoms. The van der Waals surface area contributed by atoms with Crippen LogP contribution in [0.15, 0.2) is 35.8 Å². The van der Waals surface area contributed by atoms with Gasteiger partial charge in [-0.3, -0.25) is 4.98 Å². The van der Waals surface area contributed by atoms with E-state index in [4.69, 9.17) is 0 Å². The van der Waals surface area contributed by atoms with E-state index in [2.05, 4.69) is 9.97 Å². The fraction of sp³-hybridized carbons (Fsp3) is 0.250. The number of hydrogen-bond acceptors (Lipinski definition) is 3. The maximum absolute atomic E-state index is 11.6. The monoisotopic (exact) mass is 202 g/mol. The van der Waals surface area contributed by atoms with Crippen molar-refractivity contribution in [3.05, 3.63) is 30.7 Å². The first-order valence-corrected chi connectivity index (χ1v) is 4.67. The van der Waals surface area contributed by atoms with E-state index < -0.39 is 6.08 Å². The molecule has 13 heavy (non-hydrogen) atoms. The van der Waals surface area contributed by atoms with Gasteiger partial charge in [-0.1, -0.05) is 0 Å². The molecule has 1 aromatic rings. The van der Waals surface area contributed by atoms with Gasteiger partial charge in [-0.2, -0.15) is 8.78 Å². The number of allylic oxidation sites excluding steroid dienone is 1. The third-order valence-electron chi connectivity index (χ3n) is 1.21. The van der Waals surface area contributed by atoms with E-state index in [1.807, 2.05) is 0 Å². The lowest BCUT2D eigenvalue weighted by Gasteiger charge is -1.95. The number of halogens is 2. The van der Waals surface area contributed by atoms with Crippen LogP contribution in [0.1, 0.15) is 6.42 Å². The Hall–Kier alpha value is -0.970. The first-order chi connectivity index (χ1) is 6.29. The zero-order valence-electron chi connectivity index (χ0n) is 6.78. The van der Waals surface area contributed by atoms with Crippen molar-refractivity contribution in [2.75, 3.05) is 5.75 Å². The number of thioether (sulfide) groups is 1. The lowest BCUT2D eigenvalue weighted by Crippen LogP contribution is -1.82. The highest BCUT2D eigenvalue weighted by Crippen LogP contribution is 2.14. The second kappa shape index (κ2) is 5.64. The van der Waals surface area contributed by atoms with Crippen molar-refractivity contribution in [3.8, 4) is 0 Å². The molecule has 1 rings (SSSR count). The number of hydrogen-bond donors (Lipinski definition) is 0. The standard InChI is InChI=1S/C8H8F2N2S/c9-7(10)2-1-5-13-8-6-11-3-4-12-8/h2-4,6H,1,5H2. The predicted octanol–water partition coefficient (Wildman–Crippen LogP) is 2.74. The first kappa shape index (κ1) is 10.1. The maximum Gasteiger partial charge on any atom is 0.266 e. The molecule has 0 N–H and O–H groups in total. The highest BCUT2D eigenvalue weighted by molar-refractivity contribution is 7.99. The summed E-state index contributed by atoms with van der Waals surface area (Å²) >= 11 is 1.41. The number of rotatable bonds is 4. The van der Waals surface area contributed by atoms with Crippen LogP contribution in [0.4, 0.5) is 8.78 Å². The summed E-state index contributed by atoms with van der Waals surface area (Å²) in [5.74, 6) is 0.593. The summed E-state index contributed by atoms with van der Waals surface area (Å²) in [6.07, 6.45) is 4.39. The second-order valence-electron chi connectivity index (χ2n) is 2.17. The molecule has 0 aromatic carbocycles. The van der Waals surface area contributed by atoms with Gasteiger partial charge in [0.25, 0.3) is 6.08 Å². The van der Waals surface area contributed by atoms with Crippen LogP contribution in [0.5, 0.6) is 0 Å². The molecule has 1 aromatic heterocycles. The lowest BCUT2D eigenvalue weighted by molar-refractivity contribution is 0.418. The van der Waals surface area contributed by atoms with Crippen LogP contribution in [0, 0.1) is 0 Å². The summed E-state index contributed by atoms with van der Waals surface area (Å²) in [4.78, 5) is 7.84. The molecule has 0 aliphatic carbocycles. The molecule has 0 radical (unpaired) electrons. The van der Waals surface area contributed by atoms with E-state index >= 15 is 0 Å². The van der Waals surface area contributed by atoms with Gasteiger partial charge in [-0.05, 0) is 12.5 Å². The molecule has 1 heterocycles. The summed E-state index contributed by atoms with van der Waals surface area (Å²) in [5.41, 5.74) is 0. The quantitative estimate of drug-likeness (QED) is 0.554. The van der Waals surface area contributed by atoms with E-state index in [0.29, 0.717) is 12.2 Å². The van der Waals surface area contributed by atoms with Crippen LogP contribution in [0.3, 0.4) is 0 Å². The molecule has 0 saturated carbocycles. The van der Waals surface area contributed by atoms with Crippen LogP contribution < -0.4 is 0 Å². The molecule has 0 saturated heterocycles. The summed E-state index contributed by atoms with van der Waals surface area (Å²) in [7, 11) is 0. The lowest BCUT2D eigenvalue weighted by atomic mass is 10.5. The number of nitrogens with zero attached hydrogens (tertiary/aromatic N) is 2. The van der Waals surface area contributed by atoms with Crippen molar-refractivity contribution >= 4 is 11.8 Å². The van der Waals surface area contributed by atoms with Gasteiger partial charge in [0.05, 0.1) is 6.20 Å². The average molecular weight is 202 g/mol. The van der Waals surface area contributed by atoms with Crippen molar-refractivity contribution in [2.45, 2.75) is 11.4 Å². The van der Waals surface area contributed by atoms with E-state index in [1.54, 1.807) is 18.6 Å². The Morgan fingerprint density at radius 3 is 2.92 bits per heavy atom. The minimum atomic E-state index is -1.63. The van der Waals surface area contributed by atoms with Gasteiger partial charge in [-0.15, -0.1) is 11.8 Å². The van der Waals surface area contributed by atoms with E-state index in [0.717, 1.165) is 11.1 Å². The average Bonchev–Trinajstić information content (AvgIpc) is 2.14. The van der Waals surface area contributed by atoms with Crippen LogP contribution >= 0.6 is 11.8 Å². The Bertz CT molecular complexity index is 273. The van der Waals surface area contributed by atoms with Crippen molar-refractivity contribution < 1.29 is 8.78 Å². The Balaban J connectivity index is 2.25. The highest BCUT2D eigenvalue weighted by Gasteiger charge is 1.94. The van der Waals surface area contributed by atoms with Crippen molar-refractivity contribution in [1.29, 1.82) is 0 Å². The van der Waals surface area contributed by atoms with Crippen LogP contribution in [0.25, 0.3) is 0 Å². The molecule has 0 amide bonds. The molecular weight excluding hydrogens is 194 g/mol. The Kier molecular flexibility index (Phi) is 4.39. The molecule has 0 bridgehead atoms. The van der Waals surface area contributed by atoms with Gasteiger partial charge >= 0.3 is 0 Å². The predicted molar refractivity (Wildman–Crippen MR) is 47.7 cm³/mol. The topological polar surface area (TPSA) is 25.8 Å². The van der Waals surface area contributed by atoms with Gasteiger partial charge < -0.3 is 0 Å². The summed E-state index contributed by atoms with van der Waals surface area (Å²) in [6, 6.07) is 0. The molecule has 70 valence electrons. The zero-order chi connectivity index (χ0) is 9.52. The Morgan fingerprint density at radius 2 is 2.31 bits per heavy atom. The first-order valence-electron chi connectivity index (χ1n) is 3.69. The van der Waals surface area contributed by atoms with Gasteiger partial charge in [-0.25, -0.2) is 4.98 Å². The second-order valence-corrected chi connectivity index (χ2v) is 3.29. The summed E-state index contributed by atoms with van der Waals surface area (Å²) in [5, 5.41) is 0.759. The third-order valence-corrected chi connectivity index (χ3v) is 2.15. The van der Waals surface area contributed by atoms with Gasteiger partial charge in [0.15, 0.2) is 0 Å². The minimum Gasteiger partial charge on any atom is -0.260 e. The SMILES string of the molecule is FC(F)=CCCSc1cnccn1. The van der Waals surface area contributed by atoms with Gasteiger partial charge in [0, 0.05) is 18.1 Å². The fourth-order valence-electron chi connectivity index (χ4n) is 0.691. The largest absolute Gasteiger partial charge is 0.266 e. The molecule has 5 heteroatoms. The number of aromatic nitrogens is 2. The molecular formula is C8H8F2N2S. The molecule has 0 unspecified atom stereocenters. The molecule has 0 aliphatic heterocycles. The van der Waals surface area contributed by atoms with Gasteiger partial charge in [0.1, 0.15) is 5.03 Å². The smallest absolute Gasteiger partial charge is 0.260 e. The van der Waals surface area contributed by atoms with E-state index in [-0.39, 0.29) is 0 Å². The molecule has 0 aliphatic rings. The Morgan fingerprint density at radius 1 is 1.46 bits per heavy atom. The van der Waals surface area contributed by atoms with Crippen molar-refractivity contribution in [1.82, 2.24) is 9.97 Å². The van der Waals surface area contributed by atoms with E-state index in [9.17, 15) is 8.78 Å². The molecule has 2 nitrogen and oxygen atoms in total. The normalized spacial score (nSPS) is 9.69. The van der Waals surface area contributed by atoms with Crippen molar-refractivity contribution in [3.63, 3.8) is 0 Å². The van der Waals surface area contributed by atoms with Crippen LogP contribution in [0.2, 0.25) is 0 Å². The fourth-order valence-corrected chi connectivity index (χ4v) is 1.41. The highest BCUT2D eigenvalue weighted by atomic mass is 32.2. The van der Waals surface area contributed by atoms with Crippen molar-refractivity contribution in [2.24, 2.45) is 0 Å². The summed E-state index contributed by atoms with van der Waals surface area (Å²) in [6.45, 7) is 0. The van der Waals surface area contributed by atoms with Crippen LogP contribution in [-0.2, 0) is 0 Å². The summed E-state index contributed by atoms with van der Waals surface area (Å²) < 4.78 is 23.2. The van der Waals surface area contributed by atoms with Gasteiger partial charge in [0.2, 0.25) is 0 Å². The maximum atomic E-state index is 11.6. The molecule has 0 fully saturated rings. The van der Waals surface area contributed by atoms with E-state index in [1.165, 1.54) is 11.8 Å². The minimum absolute atomic E-state index is 0.351. The third kappa shape index (κ3) is 4.57. The molecule has 0 atom stereocenters. The van der Waals surface area contributed by atoms with Crippen LogP contribution in [-0.4, -0.2) is 15.7 Å².